The van der Waals surface area contributed by atoms with E-state index in [1.807, 2.05) is 6.92 Å². The maximum Gasteiger partial charge on any atom is 0.240 e. The van der Waals surface area contributed by atoms with Crippen molar-refractivity contribution in [3.05, 3.63) is 35.6 Å². The molecule has 0 radical (unpaired) electrons. The van der Waals surface area contributed by atoms with Crippen molar-refractivity contribution in [3.63, 3.8) is 0 Å². The van der Waals surface area contributed by atoms with Crippen LogP contribution in [0, 0.1) is 5.82 Å². The van der Waals surface area contributed by atoms with Crippen LogP contribution in [0.1, 0.15) is 12.5 Å². The highest BCUT2D eigenvalue weighted by Gasteiger charge is 2.01. The molecule has 1 aromatic carbocycles. The number of nitrogens with zero attached hydrogens (tertiary/aromatic N) is 3. The summed E-state index contributed by atoms with van der Waals surface area (Å²) in [4.78, 5) is 4.13. The molecule has 0 atom stereocenters. The lowest BCUT2D eigenvalue weighted by atomic mass is 10.2. The predicted molar refractivity (Wildman–Crippen MR) is 70.4 cm³/mol. The van der Waals surface area contributed by atoms with Gasteiger partial charge in [0.2, 0.25) is 11.1 Å². The Balaban J connectivity index is 1.96. The van der Waals surface area contributed by atoms with Crippen LogP contribution in [0.5, 0.6) is 0 Å². The molecule has 1 heterocycles. The van der Waals surface area contributed by atoms with Crippen molar-refractivity contribution in [1.29, 1.82) is 0 Å². The Bertz CT molecular complexity index is 540. The van der Waals surface area contributed by atoms with Crippen LogP contribution < -0.4 is 5.43 Å². The second-order valence-corrected chi connectivity index (χ2v) is 4.52. The monoisotopic (exact) mass is 265 g/mol. The minimum atomic E-state index is -0.317. The second-order valence-electron chi connectivity index (χ2n) is 3.29. The fraction of sp³-hybridized carbons (Fsp3) is 0.182. The number of H-pyrrole nitrogens is 1. The average molecular weight is 265 g/mol. The number of nitrogens with one attached hydrogen (secondary N) is 2. The molecule has 2 aromatic rings. The first-order chi connectivity index (χ1) is 8.79. The number of aromatic amines is 1. The standard InChI is InChI=1S/C11H12FN5S/c1-2-18-11-14-10(16-17-11)15-13-7-8-5-3-4-6-9(8)12/h3-7H,2H2,1H3,(H2,14,15,16,17)/b13-7-. The third kappa shape index (κ3) is 3.30. The van der Waals surface area contributed by atoms with E-state index in [9.17, 15) is 4.39 Å². The van der Waals surface area contributed by atoms with Gasteiger partial charge in [0.1, 0.15) is 5.82 Å². The van der Waals surface area contributed by atoms with Gasteiger partial charge >= 0.3 is 0 Å². The van der Waals surface area contributed by atoms with E-state index >= 15 is 0 Å². The molecule has 0 bridgehead atoms. The molecule has 0 fully saturated rings. The molecule has 1 aromatic heterocycles. The summed E-state index contributed by atoms with van der Waals surface area (Å²) in [6, 6.07) is 6.39. The molecule has 0 saturated heterocycles. The number of halogens is 1. The van der Waals surface area contributed by atoms with Crippen LogP contribution in [0.3, 0.4) is 0 Å². The lowest BCUT2D eigenvalue weighted by Crippen LogP contribution is -1.94. The molecule has 0 saturated carbocycles. The summed E-state index contributed by atoms with van der Waals surface area (Å²) in [6.45, 7) is 2.02. The summed E-state index contributed by atoms with van der Waals surface area (Å²) in [5.41, 5.74) is 3.07. The first-order valence-corrected chi connectivity index (χ1v) is 6.37. The zero-order valence-corrected chi connectivity index (χ0v) is 10.5. The molecule has 0 aliphatic rings. The van der Waals surface area contributed by atoms with Crippen molar-refractivity contribution in [2.45, 2.75) is 12.1 Å². The van der Waals surface area contributed by atoms with E-state index in [4.69, 9.17) is 0 Å². The lowest BCUT2D eigenvalue weighted by Gasteiger charge is -1.95. The van der Waals surface area contributed by atoms with Crippen LogP contribution in [0.4, 0.5) is 10.3 Å². The number of hydrogen-bond donors (Lipinski definition) is 2. The third-order valence-corrected chi connectivity index (χ3v) is 2.75. The molecule has 7 heteroatoms. The summed E-state index contributed by atoms with van der Waals surface area (Å²) >= 11 is 1.52. The molecule has 18 heavy (non-hydrogen) atoms. The SMILES string of the molecule is CCSc1n[nH]c(N/N=C\c2ccccc2F)n1. The highest BCUT2D eigenvalue weighted by molar-refractivity contribution is 7.99. The average Bonchev–Trinajstić information content (AvgIpc) is 2.80. The van der Waals surface area contributed by atoms with Crippen molar-refractivity contribution in [3.8, 4) is 0 Å². The number of benzene rings is 1. The Labute approximate surface area is 108 Å². The quantitative estimate of drug-likeness (QED) is 0.495. The van der Waals surface area contributed by atoms with Gasteiger partial charge < -0.3 is 0 Å². The lowest BCUT2D eigenvalue weighted by molar-refractivity contribution is 0.626. The third-order valence-electron chi connectivity index (χ3n) is 2.02. The smallest absolute Gasteiger partial charge is 0.240 e. The van der Waals surface area contributed by atoms with Gasteiger partial charge in [-0.05, 0) is 11.8 Å². The fourth-order valence-electron chi connectivity index (χ4n) is 1.23. The summed E-state index contributed by atoms with van der Waals surface area (Å²) < 4.78 is 13.3. The van der Waals surface area contributed by atoms with Crippen molar-refractivity contribution in [1.82, 2.24) is 15.2 Å². The minimum absolute atomic E-state index is 0.317. The van der Waals surface area contributed by atoms with E-state index in [2.05, 4.69) is 25.7 Å². The van der Waals surface area contributed by atoms with Crippen LogP contribution >= 0.6 is 11.8 Å². The molecule has 5 nitrogen and oxygen atoms in total. The highest BCUT2D eigenvalue weighted by atomic mass is 32.2. The zero-order valence-electron chi connectivity index (χ0n) is 9.72. The first-order valence-electron chi connectivity index (χ1n) is 5.38. The number of anilines is 1. The van der Waals surface area contributed by atoms with E-state index in [1.54, 1.807) is 18.2 Å². The fourth-order valence-corrected chi connectivity index (χ4v) is 1.76. The zero-order chi connectivity index (χ0) is 12.8. The van der Waals surface area contributed by atoms with Crippen LogP contribution in [0.2, 0.25) is 0 Å². The Morgan fingerprint density at radius 2 is 2.33 bits per heavy atom. The van der Waals surface area contributed by atoms with Crippen molar-refractivity contribution in [2.75, 3.05) is 11.2 Å². The molecule has 0 amide bonds. The topological polar surface area (TPSA) is 66.0 Å². The second kappa shape index (κ2) is 6.15. The van der Waals surface area contributed by atoms with Gasteiger partial charge in [-0.3, -0.25) is 0 Å². The number of hydrazone groups is 1. The predicted octanol–water partition coefficient (Wildman–Crippen LogP) is 2.50. The van der Waals surface area contributed by atoms with Crippen molar-refractivity contribution < 1.29 is 4.39 Å². The van der Waals surface area contributed by atoms with Crippen LogP contribution in [-0.4, -0.2) is 27.1 Å². The summed E-state index contributed by atoms with van der Waals surface area (Å²) in [5, 5.41) is 11.2. The van der Waals surface area contributed by atoms with E-state index in [0.717, 1.165) is 5.75 Å². The Hall–Kier alpha value is -1.89. The van der Waals surface area contributed by atoms with Crippen molar-refractivity contribution in [2.24, 2.45) is 5.10 Å². The van der Waals surface area contributed by atoms with Crippen LogP contribution in [-0.2, 0) is 0 Å². The molecule has 0 spiro atoms. The van der Waals surface area contributed by atoms with E-state index in [0.29, 0.717) is 16.7 Å². The first kappa shape index (κ1) is 12.6. The number of aromatic nitrogens is 3. The van der Waals surface area contributed by atoms with Gasteiger partial charge in [-0.2, -0.15) is 10.1 Å². The highest BCUT2D eigenvalue weighted by Crippen LogP contribution is 2.12. The molecule has 0 aliphatic heterocycles. The molecule has 0 unspecified atom stereocenters. The maximum absolute atomic E-state index is 13.3. The number of rotatable bonds is 5. The Morgan fingerprint density at radius 1 is 1.50 bits per heavy atom. The van der Waals surface area contributed by atoms with Crippen LogP contribution in [0.15, 0.2) is 34.5 Å². The summed E-state index contributed by atoms with van der Waals surface area (Å²) in [7, 11) is 0. The van der Waals surface area contributed by atoms with Gasteiger partial charge in [0.15, 0.2) is 0 Å². The van der Waals surface area contributed by atoms with E-state index in [-0.39, 0.29) is 5.82 Å². The number of thioether (sulfide) groups is 1. The normalized spacial score (nSPS) is 11.0. The van der Waals surface area contributed by atoms with E-state index < -0.39 is 0 Å². The Morgan fingerprint density at radius 3 is 3.11 bits per heavy atom. The molecular formula is C11H12FN5S. The van der Waals surface area contributed by atoms with Gasteiger partial charge in [-0.1, -0.05) is 36.9 Å². The van der Waals surface area contributed by atoms with Gasteiger partial charge in [0, 0.05) is 5.56 Å². The molecule has 2 N–H and O–H groups in total. The van der Waals surface area contributed by atoms with E-state index in [1.165, 1.54) is 24.0 Å². The molecular weight excluding hydrogens is 253 g/mol. The molecule has 2 rings (SSSR count). The van der Waals surface area contributed by atoms with Crippen molar-refractivity contribution >= 4 is 23.9 Å². The molecule has 94 valence electrons. The van der Waals surface area contributed by atoms with Crippen LogP contribution in [0.25, 0.3) is 0 Å². The summed E-state index contributed by atoms with van der Waals surface area (Å²) in [5.74, 6) is 1.01. The maximum atomic E-state index is 13.3. The number of hydrogen-bond acceptors (Lipinski definition) is 5. The largest absolute Gasteiger partial charge is 0.246 e. The van der Waals surface area contributed by atoms with Gasteiger partial charge in [-0.15, -0.1) is 5.10 Å². The summed E-state index contributed by atoms with van der Waals surface area (Å²) in [6.07, 6.45) is 1.39. The Kier molecular flexibility index (Phi) is 4.30. The van der Waals surface area contributed by atoms with Gasteiger partial charge in [-0.25, -0.2) is 14.9 Å². The van der Waals surface area contributed by atoms with Gasteiger partial charge in [0.25, 0.3) is 0 Å². The molecule has 0 aliphatic carbocycles. The minimum Gasteiger partial charge on any atom is -0.246 e. The van der Waals surface area contributed by atoms with Gasteiger partial charge in [0.05, 0.1) is 6.21 Å².